The van der Waals surface area contributed by atoms with E-state index in [-0.39, 0.29) is 12.5 Å². The van der Waals surface area contributed by atoms with Crippen LogP contribution < -0.4 is 10.6 Å². The fourth-order valence-electron chi connectivity index (χ4n) is 2.95. The molecule has 32 heavy (non-hydrogen) atoms. The van der Waals surface area contributed by atoms with E-state index < -0.39 is 6.04 Å². The van der Waals surface area contributed by atoms with Crippen LogP contribution in [0.4, 0.5) is 5.95 Å². The average Bonchev–Trinajstić information content (AvgIpc) is 2.82. The lowest BCUT2D eigenvalue weighted by Crippen LogP contribution is -2.33. The molecule has 0 aliphatic heterocycles. The van der Waals surface area contributed by atoms with Gasteiger partial charge >= 0.3 is 0 Å². The molecule has 8 heteroatoms. The first-order valence-corrected chi connectivity index (χ1v) is 10.6. The summed E-state index contributed by atoms with van der Waals surface area (Å²) in [6.45, 7) is 10.9. The number of benzene rings is 1. The molecule has 0 bridgehead atoms. The number of rotatable bonds is 11. The van der Waals surface area contributed by atoms with Gasteiger partial charge < -0.3 is 20.6 Å². The van der Waals surface area contributed by atoms with Crippen molar-refractivity contribution < 1.29 is 9.90 Å². The lowest BCUT2D eigenvalue weighted by molar-refractivity contribution is 0.0944. The molecule has 1 aromatic heterocycles. The molecule has 1 heterocycles. The number of aliphatic hydroxyl groups is 1. The third kappa shape index (κ3) is 6.65. The Hall–Kier alpha value is -3.70. The minimum Gasteiger partial charge on any atom is -0.395 e. The van der Waals surface area contributed by atoms with Crippen LogP contribution >= 0.6 is 0 Å². The number of likely N-dealkylation sites (N-methyl/N-ethyl adjacent to an activating group) is 1. The summed E-state index contributed by atoms with van der Waals surface area (Å²) in [6, 6.07) is 8.64. The molecule has 1 atom stereocenters. The van der Waals surface area contributed by atoms with Crippen LogP contribution in [0.15, 0.2) is 55.0 Å². The second-order valence-electron chi connectivity index (χ2n) is 7.13. The van der Waals surface area contributed by atoms with Crippen molar-refractivity contribution in [1.82, 2.24) is 20.2 Å². The van der Waals surface area contributed by atoms with Crippen molar-refractivity contribution in [3.05, 3.63) is 66.1 Å². The number of nitrogens with one attached hydrogen (secondary N) is 2. The Morgan fingerprint density at radius 2 is 2.06 bits per heavy atom. The van der Waals surface area contributed by atoms with Gasteiger partial charge in [0.05, 0.1) is 24.1 Å². The lowest BCUT2D eigenvalue weighted by Gasteiger charge is -2.18. The average molecular weight is 435 g/mol. The third-order valence-electron chi connectivity index (χ3n) is 4.85. The normalized spacial score (nSPS) is 11.9. The van der Waals surface area contributed by atoms with Gasteiger partial charge in [-0.3, -0.25) is 4.79 Å². The van der Waals surface area contributed by atoms with Crippen LogP contribution in [0.25, 0.3) is 11.3 Å². The number of aromatic nitrogens is 2. The highest BCUT2D eigenvalue weighted by molar-refractivity contribution is 5.95. The number of aliphatic hydroxyl groups excluding tert-OH is 1. The van der Waals surface area contributed by atoms with Crippen LogP contribution in [0.5, 0.6) is 0 Å². The van der Waals surface area contributed by atoms with E-state index in [0.29, 0.717) is 30.2 Å². The van der Waals surface area contributed by atoms with Gasteiger partial charge in [0, 0.05) is 36.6 Å². The molecule has 1 aromatic carbocycles. The molecule has 1 amide bonds. The number of anilines is 1. The van der Waals surface area contributed by atoms with Crippen LogP contribution in [0.3, 0.4) is 0 Å². The largest absolute Gasteiger partial charge is 0.395 e. The Kier molecular flexibility index (Phi) is 9.39. The highest BCUT2D eigenvalue weighted by atomic mass is 16.3. The van der Waals surface area contributed by atoms with Gasteiger partial charge in [0.15, 0.2) is 0 Å². The van der Waals surface area contributed by atoms with Gasteiger partial charge in [-0.1, -0.05) is 25.6 Å². The van der Waals surface area contributed by atoms with Gasteiger partial charge in [0.25, 0.3) is 5.91 Å². The number of allylic oxidation sites excluding steroid dienone is 1. The van der Waals surface area contributed by atoms with Crippen molar-refractivity contribution in [2.45, 2.75) is 33.2 Å². The second-order valence-corrected chi connectivity index (χ2v) is 7.13. The first kappa shape index (κ1) is 24.6. The number of hydrogen-bond acceptors (Lipinski definition) is 7. The van der Waals surface area contributed by atoms with Crippen molar-refractivity contribution in [2.24, 2.45) is 0 Å². The molecule has 8 nitrogen and oxygen atoms in total. The number of nitrogens with zero attached hydrogens (tertiary/aromatic N) is 4. The third-order valence-corrected chi connectivity index (χ3v) is 4.85. The van der Waals surface area contributed by atoms with Crippen molar-refractivity contribution in [2.75, 3.05) is 25.0 Å². The number of nitriles is 1. The smallest absolute Gasteiger partial charge is 0.252 e. The van der Waals surface area contributed by atoms with E-state index in [1.807, 2.05) is 44.0 Å². The maximum absolute atomic E-state index is 12.3. The van der Waals surface area contributed by atoms with E-state index in [4.69, 9.17) is 5.26 Å². The number of aryl methyl sites for hydroxylation is 1. The molecule has 0 saturated heterocycles. The van der Waals surface area contributed by atoms with Crippen molar-refractivity contribution in [3.63, 3.8) is 0 Å². The predicted molar refractivity (Wildman–Crippen MR) is 126 cm³/mol. The number of amides is 1. The van der Waals surface area contributed by atoms with Crippen LogP contribution in [0.1, 0.15) is 36.2 Å². The van der Waals surface area contributed by atoms with E-state index in [0.717, 1.165) is 23.4 Å². The topological polar surface area (TPSA) is 114 Å². The van der Waals surface area contributed by atoms with Crippen molar-refractivity contribution >= 4 is 11.9 Å². The van der Waals surface area contributed by atoms with E-state index >= 15 is 0 Å². The quantitative estimate of drug-likeness (QED) is 0.465. The molecule has 2 rings (SSSR count). The van der Waals surface area contributed by atoms with E-state index in [2.05, 4.69) is 33.2 Å². The summed E-state index contributed by atoms with van der Waals surface area (Å²) in [4.78, 5) is 23.3. The summed E-state index contributed by atoms with van der Waals surface area (Å²) in [5.74, 6) is 0.134. The number of carbonyl (C=O) groups is 1. The second kappa shape index (κ2) is 12.2. The zero-order chi connectivity index (χ0) is 23.5. The summed E-state index contributed by atoms with van der Waals surface area (Å²) in [6.07, 6.45) is 5.81. The minimum absolute atomic E-state index is 0.0591. The Labute approximate surface area is 189 Å². The molecule has 3 N–H and O–H groups in total. The van der Waals surface area contributed by atoms with E-state index in [1.54, 1.807) is 24.4 Å². The van der Waals surface area contributed by atoms with Gasteiger partial charge in [-0.2, -0.15) is 5.26 Å². The van der Waals surface area contributed by atoms with Gasteiger partial charge in [-0.15, -0.1) is 0 Å². The number of carbonyl (C=O) groups excluding carboxylic acids is 1. The molecule has 168 valence electrons. The summed E-state index contributed by atoms with van der Waals surface area (Å²) in [5.41, 5.74) is 3.67. The summed E-state index contributed by atoms with van der Waals surface area (Å²) in [5, 5.41) is 24.1. The predicted octanol–water partition coefficient (Wildman–Crippen LogP) is 3.24. The Bertz CT molecular complexity index is 995. The van der Waals surface area contributed by atoms with Crippen LogP contribution in [-0.4, -0.2) is 51.6 Å². The molecular formula is C24H30N6O2. The number of hydrogen-bond donors (Lipinski definition) is 3. The fraction of sp³-hybridized carbons (Fsp3) is 0.333. The van der Waals surface area contributed by atoms with Gasteiger partial charge in [0.1, 0.15) is 6.04 Å². The zero-order valence-corrected chi connectivity index (χ0v) is 18.8. The van der Waals surface area contributed by atoms with Crippen LogP contribution in [0, 0.1) is 18.3 Å². The summed E-state index contributed by atoms with van der Waals surface area (Å²) < 4.78 is 0. The fourth-order valence-corrected chi connectivity index (χ4v) is 2.95. The van der Waals surface area contributed by atoms with Gasteiger partial charge in [-0.05, 0) is 44.0 Å². The first-order valence-electron chi connectivity index (χ1n) is 10.6. The van der Waals surface area contributed by atoms with Gasteiger partial charge in [0.2, 0.25) is 5.95 Å². The van der Waals surface area contributed by atoms with E-state index in [9.17, 15) is 9.90 Å². The molecular weight excluding hydrogens is 404 g/mol. The zero-order valence-electron chi connectivity index (χ0n) is 18.8. The molecule has 0 unspecified atom stereocenters. The Balaban J connectivity index is 2.23. The molecule has 2 aromatic rings. The van der Waals surface area contributed by atoms with Crippen molar-refractivity contribution in [1.29, 1.82) is 5.26 Å². The minimum atomic E-state index is -0.506. The SMILES string of the molecule is C=C/C(=C\N(CC)CCO)Nc1ncc(C)c(-c2ccc(C(=O)N[C@H](C#N)CC)cc2)n1. The maximum Gasteiger partial charge on any atom is 0.252 e. The standard InChI is InChI=1S/C24H30N6O2/c1-5-20(14-25)27-23(32)19-10-8-18(9-11-19)22-17(4)15-26-24(29-22)28-21(6-2)16-30(7-3)12-13-31/h6,8-11,15-16,20,31H,2,5,7,12-13H2,1,3-4H3,(H,27,32)(H,26,28,29)/b21-16+/t20-/m0/s1. The highest BCUT2D eigenvalue weighted by Crippen LogP contribution is 2.23. The van der Waals surface area contributed by atoms with Gasteiger partial charge in [-0.25, -0.2) is 9.97 Å². The lowest BCUT2D eigenvalue weighted by atomic mass is 10.1. The van der Waals surface area contributed by atoms with Crippen LogP contribution in [-0.2, 0) is 0 Å². The van der Waals surface area contributed by atoms with Crippen molar-refractivity contribution in [3.8, 4) is 17.3 Å². The maximum atomic E-state index is 12.3. The molecule has 0 aliphatic carbocycles. The molecule has 0 saturated carbocycles. The first-order chi connectivity index (χ1) is 15.4. The molecule has 0 fully saturated rings. The Morgan fingerprint density at radius 3 is 2.62 bits per heavy atom. The Morgan fingerprint density at radius 1 is 1.34 bits per heavy atom. The molecule has 0 spiro atoms. The monoisotopic (exact) mass is 434 g/mol. The highest BCUT2D eigenvalue weighted by Gasteiger charge is 2.13. The summed E-state index contributed by atoms with van der Waals surface area (Å²) >= 11 is 0. The molecule has 0 aliphatic rings. The molecule has 0 radical (unpaired) electrons. The van der Waals surface area contributed by atoms with Crippen LogP contribution in [0.2, 0.25) is 0 Å². The summed E-state index contributed by atoms with van der Waals surface area (Å²) in [7, 11) is 0. The van der Waals surface area contributed by atoms with E-state index in [1.165, 1.54) is 0 Å².